The third-order valence-corrected chi connectivity index (χ3v) is 4.04. The van der Waals surface area contributed by atoms with Crippen LogP contribution in [-0.2, 0) is 6.42 Å². The second kappa shape index (κ2) is 7.37. The molecule has 102 valence electrons. The Morgan fingerprint density at radius 3 is 2.44 bits per heavy atom. The molecule has 0 amide bonds. The maximum Gasteiger partial charge on any atom is 0.0595 e. The van der Waals surface area contributed by atoms with Gasteiger partial charge in [0.2, 0.25) is 0 Å². The van der Waals surface area contributed by atoms with Gasteiger partial charge < -0.3 is 5.32 Å². The second-order valence-electron chi connectivity index (χ2n) is 5.52. The molecule has 1 aromatic rings. The van der Waals surface area contributed by atoms with Crippen molar-refractivity contribution in [1.29, 1.82) is 0 Å². The lowest BCUT2D eigenvalue weighted by molar-refractivity contribution is 0.303. The highest BCUT2D eigenvalue weighted by atomic mass is 35.5. The van der Waals surface area contributed by atoms with Gasteiger partial charge in [0, 0.05) is 0 Å². The predicted molar refractivity (Wildman–Crippen MR) is 81.7 cm³/mol. The summed E-state index contributed by atoms with van der Waals surface area (Å²) in [5.41, 5.74) is 1.62. The molecule has 1 rings (SSSR count). The molecular formula is C15H23Cl2N. The number of aryl methyl sites for hydroxylation is 1. The zero-order chi connectivity index (χ0) is 13.6. The first-order chi connectivity index (χ1) is 8.44. The Balaban J connectivity index is 2.45. The molecule has 18 heavy (non-hydrogen) atoms. The minimum absolute atomic E-state index is 0.355. The molecule has 0 aliphatic rings. The number of nitrogens with one attached hydrogen (secondary N) is 1. The first-order valence-corrected chi connectivity index (χ1v) is 7.35. The van der Waals surface area contributed by atoms with Crippen molar-refractivity contribution >= 4 is 23.2 Å². The molecule has 0 radical (unpaired) electrons. The molecule has 0 aromatic heterocycles. The second-order valence-corrected chi connectivity index (χ2v) is 6.33. The van der Waals surface area contributed by atoms with E-state index in [1.165, 1.54) is 12.0 Å². The highest BCUT2D eigenvalue weighted by Crippen LogP contribution is 2.28. The molecule has 0 spiro atoms. The van der Waals surface area contributed by atoms with Gasteiger partial charge in [-0.1, -0.05) is 50.0 Å². The molecular weight excluding hydrogens is 265 g/mol. The maximum absolute atomic E-state index is 6.02. The summed E-state index contributed by atoms with van der Waals surface area (Å²) in [6.07, 6.45) is 3.41. The van der Waals surface area contributed by atoms with Crippen LogP contribution in [0.25, 0.3) is 0 Å². The van der Waals surface area contributed by atoms with Crippen LogP contribution in [0.2, 0.25) is 10.0 Å². The van der Waals surface area contributed by atoms with Crippen molar-refractivity contribution in [2.45, 2.75) is 40.0 Å². The minimum atomic E-state index is 0.355. The normalized spacial score (nSPS) is 11.8. The van der Waals surface area contributed by atoms with Crippen LogP contribution in [0, 0.1) is 5.41 Å². The van der Waals surface area contributed by atoms with Crippen LogP contribution in [-0.4, -0.2) is 13.1 Å². The fourth-order valence-corrected chi connectivity index (χ4v) is 2.23. The van der Waals surface area contributed by atoms with Crippen LogP contribution in [0.3, 0.4) is 0 Å². The van der Waals surface area contributed by atoms with Gasteiger partial charge >= 0.3 is 0 Å². The Labute approximate surface area is 121 Å². The zero-order valence-corrected chi connectivity index (χ0v) is 13.0. The molecule has 3 heteroatoms. The van der Waals surface area contributed by atoms with Crippen LogP contribution in [0.5, 0.6) is 0 Å². The highest BCUT2D eigenvalue weighted by Gasteiger charge is 2.17. The maximum atomic E-state index is 6.02. The lowest BCUT2D eigenvalue weighted by Crippen LogP contribution is -2.22. The summed E-state index contributed by atoms with van der Waals surface area (Å²) >= 11 is 11.9. The zero-order valence-electron chi connectivity index (χ0n) is 11.5. The summed E-state index contributed by atoms with van der Waals surface area (Å²) in [4.78, 5) is 0. The number of hydrogen-bond acceptors (Lipinski definition) is 1. The summed E-state index contributed by atoms with van der Waals surface area (Å²) in [5, 5.41) is 4.66. The van der Waals surface area contributed by atoms with Crippen LogP contribution in [0.1, 0.15) is 39.2 Å². The van der Waals surface area contributed by atoms with E-state index in [4.69, 9.17) is 23.2 Å². The van der Waals surface area contributed by atoms with E-state index in [2.05, 4.69) is 32.2 Å². The minimum Gasteiger partial charge on any atom is -0.317 e. The van der Waals surface area contributed by atoms with E-state index in [0.29, 0.717) is 15.5 Å². The van der Waals surface area contributed by atoms with Gasteiger partial charge in [0.25, 0.3) is 0 Å². The van der Waals surface area contributed by atoms with Gasteiger partial charge in [-0.05, 0) is 55.5 Å². The van der Waals surface area contributed by atoms with Crippen molar-refractivity contribution in [2.75, 3.05) is 13.1 Å². The average molecular weight is 288 g/mol. The molecule has 0 heterocycles. The van der Waals surface area contributed by atoms with Gasteiger partial charge in [-0.25, -0.2) is 0 Å². The van der Waals surface area contributed by atoms with Gasteiger partial charge in [0.05, 0.1) is 10.0 Å². The first-order valence-electron chi connectivity index (χ1n) is 6.59. The largest absolute Gasteiger partial charge is 0.317 e. The van der Waals surface area contributed by atoms with Crippen molar-refractivity contribution in [3.63, 3.8) is 0 Å². The summed E-state index contributed by atoms with van der Waals surface area (Å²) in [6.45, 7) is 8.92. The van der Waals surface area contributed by atoms with E-state index in [1.807, 2.05) is 12.1 Å². The van der Waals surface area contributed by atoms with E-state index < -0.39 is 0 Å². The number of hydrogen-bond donors (Lipinski definition) is 1. The summed E-state index contributed by atoms with van der Waals surface area (Å²) in [6, 6.07) is 5.92. The molecule has 0 fully saturated rings. The molecule has 0 saturated heterocycles. The molecule has 0 bridgehead atoms. The first kappa shape index (κ1) is 15.8. The van der Waals surface area contributed by atoms with Crippen molar-refractivity contribution in [3.8, 4) is 0 Å². The van der Waals surface area contributed by atoms with Crippen molar-refractivity contribution in [2.24, 2.45) is 5.41 Å². The topological polar surface area (TPSA) is 12.0 Å². The number of halogens is 2. The van der Waals surface area contributed by atoms with E-state index in [1.54, 1.807) is 0 Å². The van der Waals surface area contributed by atoms with Crippen molar-refractivity contribution in [1.82, 2.24) is 5.32 Å². The summed E-state index contributed by atoms with van der Waals surface area (Å²) < 4.78 is 0. The SMILES string of the molecule is CCNCCC(C)(C)CCc1ccc(Cl)c(Cl)c1. The number of rotatable bonds is 7. The molecule has 0 atom stereocenters. The van der Waals surface area contributed by atoms with E-state index in [0.717, 1.165) is 25.9 Å². The van der Waals surface area contributed by atoms with Gasteiger partial charge in [-0.15, -0.1) is 0 Å². The van der Waals surface area contributed by atoms with Crippen molar-refractivity contribution in [3.05, 3.63) is 33.8 Å². The molecule has 0 aliphatic heterocycles. The van der Waals surface area contributed by atoms with Gasteiger partial charge in [0.15, 0.2) is 0 Å². The molecule has 0 aliphatic carbocycles. The van der Waals surface area contributed by atoms with Crippen molar-refractivity contribution < 1.29 is 0 Å². The smallest absolute Gasteiger partial charge is 0.0595 e. The third kappa shape index (κ3) is 5.60. The summed E-state index contributed by atoms with van der Waals surface area (Å²) in [5.74, 6) is 0. The molecule has 1 aromatic carbocycles. The van der Waals surface area contributed by atoms with Crippen LogP contribution in [0.4, 0.5) is 0 Å². The highest BCUT2D eigenvalue weighted by molar-refractivity contribution is 6.42. The van der Waals surface area contributed by atoms with Crippen LogP contribution >= 0.6 is 23.2 Å². The predicted octanol–water partition coefficient (Wildman–Crippen LogP) is 4.95. The monoisotopic (exact) mass is 287 g/mol. The Hall–Kier alpha value is -0.240. The average Bonchev–Trinajstić information content (AvgIpc) is 2.31. The van der Waals surface area contributed by atoms with E-state index in [9.17, 15) is 0 Å². The Morgan fingerprint density at radius 1 is 1.11 bits per heavy atom. The molecule has 0 unspecified atom stereocenters. The van der Waals surface area contributed by atoms with E-state index in [-0.39, 0.29) is 0 Å². The standard InChI is InChI=1S/C15H23Cl2N/c1-4-18-10-9-15(2,3)8-7-12-5-6-13(16)14(17)11-12/h5-6,11,18H,4,7-10H2,1-3H3. The fourth-order valence-electron chi connectivity index (χ4n) is 1.91. The number of benzene rings is 1. The molecule has 0 saturated carbocycles. The Morgan fingerprint density at radius 2 is 1.83 bits per heavy atom. The van der Waals surface area contributed by atoms with Gasteiger partial charge in [0.1, 0.15) is 0 Å². The van der Waals surface area contributed by atoms with E-state index >= 15 is 0 Å². The Bertz CT molecular complexity index is 375. The molecule has 1 nitrogen and oxygen atoms in total. The lowest BCUT2D eigenvalue weighted by Gasteiger charge is -2.24. The van der Waals surface area contributed by atoms with Gasteiger partial charge in [-0.2, -0.15) is 0 Å². The molecule has 1 N–H and O–H groups in total. The van der Waals surface area contributed by atoms with Gasteiger partial charge in [-0.3, -0.25) is 0 Å². The lowest BCUT2D eigenvalue weighted by atomic mass is 9.83. The third-order valence-electron chi connectivity index (χ3n) is 3.30. The Kier molecular flexibility index (Phi) is 6.48. The van der Waals surface area contributed by atoms with Crippen LogP contribution in [0.15, 0.2) is 18.2 Å². The van der Waals surface area contributed by atoms with Crippen LogP contribution < -0.4 is 5.32 Å². The summed E-state index contributed by atoms with van der Waals surface area (Å²) in [7, 11) is 0. The fraction of sp³-hybridized carbons (Fsp3) is 0.600. The quantitative estimate of drug-likeness (QED) is 0.700.